The second kappa shape index (κ2) is 6.66. The van der Waals surface area contributed by atoms with Crippen LogP contribution in [0.1, 0.15) is 27.2 Å². The van der Waals surface area contributed by atoms with Gasteiger partial charge in [0.25, 0.3) is 5.56 Å². The van der Waals surface area contributed by atoms with Crippen LogP contribution in [0.5, 0.6) is 0 Å². The molecule has 0 fully saturated rings. The fourth-order valence-electron chi connectivity index (χ4n) is 2.34. The lowest BCUT2D eigenvalue weighted by molar-refractivity contribution is 0.356. The maximum absolute atomic E-state index is 12.1. The summed E-state index contributed by atoms with van der Waals surface area (Å²) in [6.07, 6.45) is 2.51. The molecule has 4 heteroatoms. The van der Waals surface area contributed by atoms with E-state index in [2.05, 4.69) is 31.1 Å². The van der Waals surface area contributed by atoms with Crippen molar-refractivity contribution in [2.24, 2.45) is 5.92 Å². The number of hydrogen-bond acceptors (Lipinski definition) is 3. The predicted octanol–water partition coefficient (Wildman–Crippen LogP) is 2.42. The first-order chi connectivity index (χ1) is 9.63. The van der Waals surface area contributed by atoms with Crippen molar-refractivity contribution in [2.45, 2.75) is 39.8 Å². The molecule has 0 saturated carbocycles. The Morgan fingerprint density at radius 3 is 2.75 bits per heavy atom. The topological polar surface area (TPSA) is 46.9 Å². The number of para-hydroxylation sites is 2. The zero-order valence-electron chi connectivity index (χ0n) is 12.5. The summed E-state index contributed by atoms with van der Waals surface area (Å²) in [7, 11) is 0. The second-order valence-electron chi connectivity index (χ2n) is 5.50. The van der Waals surface area contributed by atoms with E-state index in [0.717, 1.165) is 24.0 Å². The molecule has 1 N–H and O–H groups in total. The van der Waals surface area contributed by atoms with Gasteiger partial charge in [-0.05, 0) is 31.0 Å². The summed E-state index contributed by atoms with van der Waals surface area (Å²) < 4.78 is 1.83. The second-order valence-corrected chi connectivity index (χ2v) is 5.50. The van der Waals surface area contributed by atoms with E-state index in [0.29, 0.717) is 18.5 Å². The third kappa shape index (κ3) is 3.25. The number of nitrogens with one attached hydrogen (secondary N) is 1. The van der Waals surface area contributed by atoms with Gasteiger partial charge in [0.1, 0.15) is 0 Å². The van der Waals surface area contributed by atoms with Crippen LogP contribution in [0.2, 0.25) is 0 Å². The monoisotopic (exact) mass is 273 g/mol. The van der Waals surface area contributed by atoms with Crippen LogP contribution >= 0.6 is 0 Å². The Hall–Kier alpha value is -1.68. The van der Waals surface area contributed by atoms with Gasteiger partial charge in [-0.2, -0.15) is 0 Å². The molecule has 0 spiro atoms. The van der Waals surface area contributed by atoms with Gasteiger partial charge in [-0.25, -0.2) is 4.98 Å². The van der Waals surface area contributed by atoms with E-state index in [1.807, 2.05) is 28.8 Å². The van der Waals surface area contributed by atoms with E-state index in [1.165, 1.54) is 6.20 Å². The molecule has 108 valence electrons. The fraction of sp³-hybridized carbons (Fsp3) is 0.500. The zero-order valence-corrected chi connectivity index (χ0v) is 12.5. The molecule has 0 saturated heterocycles. The van der Waals surface area contributed by atoms with Crippen LogP contribution in [-0.2, 0) is 6.54 Å². The third-order valence-electron chi connectivity index (χ3n) is 3.59. The van der Waals surface area contributed by atoms with Crippen LogP contribution in [0.3, 0.4) is 0 Å². The SMILES string of the molecule is CCCNC(Cn1c(=O)cnc2ccccc21)C(C)C. The molecule has 0 radical (unpaired) electrons. The van der Waals surface area contributed by atoms with E-state index in [1.54, 1.807) is 0 Å². The normalized spacial score (nSPS) is 13.0. The number of rotatable bonds is 6. The lowest BCUT2D eigenvalue weighted by Crippen LogP contribution is -2.40. The van der Waals surface area contributed by atoms with Crippen molar-refractivity contribution in [1.29, 1.82) is 0 Å². The van der Waals surface area contributed by atoms with Crippen LogP contribution in [0.25, 0.3) is 11.0 Å². The van der Waals surface area contributed by atoms with Crippen molar-refractivity contribution in [2.75, 3.05) is 6.54 Å². The molecule has 1 aromatic heterocycles. The number of aromatic nitrogens is 2. The summed E-state index contributed by atoms with van der Waals surface area (Å²) >= 11 is 0. The average Bonchev–Trinajstić information content (AvgIpc) is 2.45. The van der Waals surface area contributed by atoms with E-state index < -0.39 is 0 Å². The number of fused-ring (bicyclic) bond motifs is 1. The highest BCUT2D eigenvalue weighted by Crippen LogP contribution is 2.11. The number of hydrogen-bond donors (Lipinski definition) is 1. The van der Waals surface area contributed by atoms with E-state index in [9.17, 15) is 4.79 Å². The Morgan fingerprint density at radius 2 is 2.05 bits per heavy atom. The minimum absolute atomic E-state index is 0.0346. The van der Waals surface area contributed by atoms with E-state index in [4.69, 9.17) is 0 Å². The Morgan fingerprint density at radius 1 is 1.30 bits per heavy atom. The summed E-state index contributed by atoms with van der Waals surface area (Å²) in [5.41, 5.74) is 1.74. The smallest absolute Gasteiger partial charge is 0.269 e. The van der Waals surface area contributed by atoms with Gasteiger partial charge >= 0.3 is 0 Å². The highest BCUT2D eigenvalue weighted by molar-refractivity contribution is 5.74. The van der Waals surface area contributed by atoms with E-state index >= 15 is 0 Å². The molecule has 0 aliphatic carbocycles. The Balaban J connectivity index is 2.36. The summed E-state index contributed by atoms with van der Waals surface area (Å²) in [5, 5.41) is 3.53. The lowest BCUT2D eigenvalue weighted by Gasteiger charge is -2.24. The van der Waals surface area contributed by atoms with Crippen LogP contribution in [0.4, 0.5) is 0 Å². The first-order valence-electron chi connectivity index (χ1n) is 7.31. The molecule has 0 aliphatic heterocycles. The Labute approximate surface area is 119 Å². The summed E-state index contributed by atoms with van der Waals surface area (Å²) in [6, 6.07) is 8.08. The van der Waals surface area contributed by atoms with Crippen molar-refractivity contribution in [3.63, 3.8) is 0 Å². The molecule has 1 unspecified atom stereocenters. The molecule has 1 atom stereocenters. The van der Waals surface area contributed by atoms with Gasteiger partial charge in [0, 0.05) is 12.6 Å². The van der Waals surface area contributed by atoms with Gasteiger partial charge in [-0.1, -0.05) is 32.9 Å². The minimum Gasteiger partial charge on any atom is -0.312 e. The first kappa shape index (κ1) is 14.7. The molecule has 20 heavy (non-hydrogen) atoms. The van der Waals surface area contributed by atoms with Crippen molar-refractivity contribution < 1.29 is 0 Å². The Kier molecular flexibility index (Phi) is 4.90. The summed E-state index contributed by atoms with van der Waals surface area (Å²) in [4.78, 5) is 16.3. The highest BCUT2D eigenvalue weighted by Gasteiger charge is 2.15. The Bertz CT molecular complexity index is 618. The van der Waals surface area contributed by atoms with Crippen molar-refractivity contribution >= 4 is 11.0 Å². The highest BCUT2D eigenvalue weighted by atomic mass is 16.1. The minimum atomic E-state index is -0.0346. The summed E-state index contributed by atoms with van der Waals surface area (Å²) in [5.74, 6) is 0.473. The van der Waals surface area contributed by atoms with Crippen molar-refractivity contribution in [3.05, 3.63) is 40.8 Å². The van der Waals surface area contributed by atoms with Gasteiger partial charge < -0.3 is 9.88 Å². The molecule has 0 bridgehead atoms. The van der Waals surface area contributed by atoms with Crippen LogP contribution in [0, 0.1) is 5.92 Å². The molecule has 4 nitrogen and oxygen atoms in total. The molecule has 1 aromatic carbocycles. The van der Waals surface area contributed by atoms with Crippen molar-refractivity contribution in [1.82, 2.24) is 14.9 Å². The maximum atomic E-state index is 12.1. The van der Waals surface area contributed by atoms with Crippen LogP contribution in [0.15, 0.2) is 35.3 Å². The molecule has 2 aromatic rings. The third-order valence-corrected chi connectivity index (χ3v) is 3.59. The van der Waals surface area contributed by atoms with Gasteiger partial charge in [0.2, 0.25) is 0 Å². The predicted molar refractivity (Wildman–Crippen MR) is 82.9 cm³/mol. The maximum Gasteiger partial charge on any atom is 0.269 e. The van der Waals surface area contributed by atoms with Gasteiger partial charge in [0.05, 0.1) is 17.2 Å². The van der Waals surface area contributed by atoms with E-state index in [-0.39, 0.29) is 5.56 Å². The molecule has 0 amide bonds. The van der Waals surface area contributed by atoms with Crippen molar-refractivity contribution in [3.8, 4) is 0 Å². The average molecular weight is 273 g/mol. The number of nitrogens with zero attached hydrogens (tertiary/aromatic N) is 2. The fourth-order valence-corrected chi connectivity index (χ4v) is 2.34. The van der Waals surface area contributed by atoms with Crippen LogP contribution < -0.4 is 10.9 Å². The van der Waals surface area contributed by atoms with Gasteiger partial charge in [0.15, 0.2) is 0 Å². The molecule has 2 rings (SSSR count). The lowest BCUT2D eigenvalue weighted by atomic mass is 10.0. The molecular formula is C16H23N3O. The largest absolute Gasteiger partial charge is 0.312 e. The number of benzene rings is 1. The first-order valence-corrected chi connectivity index (χ1v) is 7.31. The van der Waals surface area contributed by atoms with Gasteiger partial charge in [-0.15, -0.1) is 0 Å². The van der Waals surface area contributed by atoms with Gasteiger partial charge in [-0.3, -0.25) is 4.79 Å². The molecule has 1 heterocycles. The summed E-state index contributed by atoms with van der Waals surface area (Å²) in [6.45, 7) is 8.17. The van der Waals surface area contributed by atoms with Crippen LogP contribution in [-0.4, -0.2) is 22.1 Å². The quantitative estimate of drug-likeness (QED) is 0.879. The molecular weight excluding hydrogens is 250 g/mol. The zero-order chi connectivity index (χ0) is 14.5. The molecule has 0 aliphatic rings. The standard InChI is InChI=1S/C16H23N3O/c1-4-9-17-14(12(2)3)11-19-15-8-6-5-7-13(15)18-10-16(19)20/h5-8,10,12,14,17H,4,9,11H2,1-3H3.